The molecule has 0 saturated carbocycles. The second-order valence-corrected chi connectivity index (χ2v) is 5.27. The number of rotatable bonds is 2. The Labute approximate surface area is 94.2 Å². The van der Waals surface area contributed by atoms with Crippen LogP contribution in [-0.2, 0) is 0 Å². The summed E-state index contributed by atoms with van der Waals surface area (Å²) in [6.45, 7) is 1.51. The van der Waals surface area contributed by atoms with Crippen LogP contribution in [0.5, 0.6) is 0 Å². The zero-order valence-electron chi connectivity index (χ0n) is 7.28. The van der Waals surface area contributed by atoms with Gasteiger partial charge in [-0.1, -0.05) is 11.6 Å². The van der Waals surface area contributed by atoms with Gasteiger partial charge in [-0.15, -0.1) is 22.7 Å². The van der Waals surface area contributed by atoms with Crippen LogP contribution in [0.25, 0.3) is 9.88 Å². The number of carbonyl (C=O) groups is 1. The molecule has 0 N–H and O–H groups in total. The van der Waals surface area contributed by atoms with Crippen LogP contribution in [0.15, 0.2) is 17.5 Å². The molecule has 0 aliphatic carbocycles. The molecule has 2 aromatic heterocycles. The van der Waals surface area contributed by atoms with E-state index in [2.05, 4.69) is 4.98 Å². The summed E-state index contributed by atoms with van der Waals surface area (Å²) in [6, 6.07) is 3.74. The Balaban J connectivity index is 2.38. The summed E-state index contributed by atoms with van der Waals surface area (Å²) >= 11 is 8.74. The molecule has 5 heteroatoms. The van der Waals surface area contributed by atoms with Gasteiger partial charge in [0, 0.05) is 12.3 Å². The quantitative estimate of drug-likeness (QED) is 0.753. The summed E-state index contributed by atoms with van der Waals surface area (Å²) in [5.74, 6) is -0.00449. The van der Waals surface area contributed by atoms with Crippen molar-refractivity contribution in [1.82, 2.24) is 4.98 Å². The molecule has 2 aromatic rings. The third kappa shape index (κ3) is 1.87. The van der Waals surface area contributed by atoms with Crippen LogP contribution in [0.3, 0.4) is 0 Å². The van der Waals surface area contributed by atoms with Crippen molar-refractivity contribution in [1.29, 1.82) is 0 Å². The molecule has 0 aliphatic heterocycles. The monoisotopic (exact) mass is 243 g/mol. The molecular formula is C9H6ClNOS2. The highest BCUT2D eigenvalue weighted by Crippen LogP contribution is 2.32. The number of hydrogen-bond donors (Lipinski definition) is 0. The summed E-state index contributed by atoms with van der Waals surface area (Å²) in [4.78, 5) is 16.2. The number of carbonyl (C=O) groups excluding carboxylic acids is 1. The average Bonchev–Trinajstić information content (AvgIpc) is 2.70. The SMILES string of the molecule is CC(=O)c1csc(-c2ccc(Cl)s2)n1. The molecular weight excluding hydrogens is 238 g/mol. The molecule has 0 bridgehead atoms. The molecule has 0 saturated heterocycles. The highest BCUT2D eigenvalue weighted by atomic mass is 35.5. The minimum absolute atomic E-state index is 0.00449. The minimum atomic E-state index is -0.00449. The van der Waals surface area contributed by atoms with Crippen molar-refractivity contribution in [2.24, 2.45) is 0 Å². The number of nitrogens with zero attached hydrogens (tertiary/aromatic N) is 1. The molecule has 0 aromatic carbocycles. The second kappa shape index (κ2) is 3.81. The fraction of sp³-hybridized carbons (Fsp3) is 0.111. The molecule has 0 unspecified atom stereocenters. The van der Waals surface area contributed by atoms with Crippen molar-refractivity contribution in [3.63, 3.8) is 0 Å². The van der Waals surface area contributed by atoms with Crippen LogP contribution in [0.4, 0.5) is 0 Å². The lowest BCUT2D eigenvalue weighted by Crippen LogP contribution is -1.90. The second-order valence-electron chi connectivity index (χ2n) is 2.70. The van der Waals surface area contributed by atoms with Gasteiger partial charge in [0.15, 0.2) is 5.78 Å². The fourth-order valence-electron chi connectivity index (χ4n) is 0.978. The van der Waals surface area contributed by atoms with Crippen molar-refractivity contribution in [2.45, 2.75) is 6.92 Å². The van der Waals surface area contributed by atoms with Crippen molar-refractivity contribution >= 4 is 40.1 Å². The Bertz CT molecular complexity index is 475. The van der Waals surface area contributed by atoms with E-state index in [1.807, 2.05) is 12.1 Å². The maximum atomic E-state index is 11.0. The van der Waals surface area contributed by atoms with Gasteiger partial charge in [0.05, 0.1) is 9.21 Å². The van der Waals surface area contributed by atoms with Crippen LogP contribution in [0.1, 0.15) is 17.4 Å². The van der Waals surface area contributed by atoms with Gasteiger partial charge in [-0.3, -0.25) is 4.79 Å². The highest BCUT2D eigenvalue weighted by molar-refractivity contribution is 7.23. The topological polar surface area (TPSA) is 30.0 Å². The number of Topliss-reactive ketones (excluding diaryl/α,β-unsaturated/α-hetero) is 1. The van der Waals surface area contributed by atoms with Crippen molar-refractivity contribution in [3.05, 3.63) is 27.5 Å². The van der Waals surface area contributed by atoms with Crippen molar-refractivity contribution in [2.75, 3.05) is 0 Å². The highest BCUT2D eigenvalue weighted by Gasteiger charge is 2.09. The van der Waals surface area contributed by atoms with Crippen LogP contribution in [0, 0.1) is 0 Å². The number of hydrogen-bond acceptors (Lipinski definition) is 4. The first-order chi connectivity index (χ1) is 6.66. The first-order valence-corrected chi connectivity index (χ1v) is 5.96. The van der Waals surface area contributed by atoms with E-state index in [1.165, 1.54) is 29.6 Å². The van der Waals surface area contributed by atoms with Gasteiger partial charge in [-0.05, 0) is 12.1 Å². The standard InChI is InChI=1S/C9H6ClNOS2/c1-5(12)6-4-13-9(11-6)7-2-3-8(10)14-7/h2-4H,1H3. The molecule has 2 heterocycles. The van der Waals surface area contributed by atoms with E-state index < -0.39 is 0 Å². The summed E-state index contributed by atoms with van der Waals surface area (Å²) < 4.78 is 0.736. The molecule has 0 radical (unpaired) electrons. The zero-order valence-corrected chi connectivity index (χ0v) is 9.67. The first kappa shape index (κ1) is 9.83. The molecule has 72 valence electrons. The summed E-state index contributed by atoms with van der Waals surface area (Å²) in [5, 5.41) is 2.62. The van der Waals surface area contributed by atoms with Crippen molar-refractivity contribution < 1.29 is 4.79 Å². The third-order valence-electron chi connectivity index (χ3n) is 1.65. The van der Waals surface area contributed by atoms with Gasteiger partial charge in [0.2, 0.25) is 0 Å². The number of aromatic nitrogens is 1. The Morgan fingerprint density at radius 2 is 2.29 bits per heavy atom. The zero-order chi connectivity index (χ0) is 10.1. The lowest BCUT2D eigenvalue weighted by atomic mass is 10.3. The van der Waals surface area contributed by atoms with Crippen LogP contribution in [0.2, 0.25) is 4.34 Å². The Morgan fingerprint density at radius 1 is 1.50 bits per heavy atom. The van der Waals surface area contributed by atoms with E-state index in [-0.39, 0.29) is 5.78 Å². The lowest BCUT2D eigenvalue weighted by molar-refractivity contribution is 0.101. The Hall–Kier alpha value is -0.710. The maximum absolute atomic E-state index is 11.0. The Kier molecular flexibility index (Phi) is 2.67. The van der Waals surface area contributed by atoms with Crippen LogP contribution in [-0.4, -0.2) is 10.8 Å². The van der Waals surface area contributed by atoms with Gasteiger partial charge in [0.25, 0.3) is 0 Å². The smallest absolute Gasteiger partial charge is 0.178 e. The lowest BCUT2D eigenvalue weighted by Gasteiger charge is -1.86. The molecule has 0 aliphatic rings. The Morgan fingerprint density at radius 3 is 2.79 bits per heavy atom. The molecule has 2 rings (SSSR count). The van der Waals surface area contributed by atoms with E-state index >= 15 is 0 Å². The summed E-state index contributed by atoms with van der Waals surface area (Å²) in [7, 11) is 0. The largest absolute Gasteiger partial charge is 0.293 e. The number of thiophene rings is 1. The van der Waals surface area contributed by atoms with Crippen LogP contribution >= 0.6 is 34.3 Å². The molecule has 0 amide bonds. The number of ketones is 1. The molecule has 0 spiro atoms. The van der Waals surface area contributed by atoms with Gasteiger partial charge in [0.1, 0.15) is 10.7 Å². The number of halogens is 1. The van der Waals surface area contributed by atoms with Gasteiger partial charge >= 0.3 is 0 Å². The first-order valence-electron chi connectivity index (χ1n) is 3.89. The van der Waals surface area contributed by atoms with E-state index in [1.54, 1.807) is 5.38 Å². The van der Waals surface area contributed by atoms with E-state index in [4.69, 9.17) is 11.6 Å². The van der Waals surface area contributed by atoms with E-state index in [0.717, 1.165) is 14.2 Å². The van der Waals surface area contributed by atoms with Gasteiger partial charge < -0.3 is 0 Å². The summed E-state index contributed by atoms with van der Waals surface area (Å²) in [5.41, 5.74) is 0.523. The predicted molar refractivity (Wildman–Crippen MR) is 60.4 cm³/mol. The number of thiazole rings is 1. The van der Waals surface area contributed by atoms with E-state index in [0.29, 0.717) is 5.69 Å². The molecule has 0 atom stereocenters. The van der Waals surface area contributed by atoms with E-state index in [9.17, 15) is 4.79 Å². The molecule has 14 heavy (non-hydrogen) atoms. The van der Waals surface area contributed by atoms with Gasteiger partial charge in [-0.2, -0.15) is 0 Å². The normalized spacial score (nSPS) is 10.4. The minimum Gasteiger partial charge on any atom is -0.293 e. The van der Waals surface area contributed by atoms with Crippen LogP contribution < -0.4 is 0 Å². The average molecular weight is 244 g/mol. The van der Waals surface area contributed by atoms with Gasteiger partial charge in [-0.25, -0.2) is 4.98 Å². The van der Waals surface area contributed by atoms with Crippen molar-refractivity contribution in [3.8, 4) is 9.88 Å². The third-order valence-corrected chi connectivity index (χ3v) is 3.89. The fourth-order valence-corrected chi connectivity index (χ4v) is 2.95. The summed E-state index contributed by atoms with van der Waals surface area (Å²) in [6.07, 6.45) is 0. The molecule has 0 fully saturated rings. The predicted octanol–water partition coefficient (Wildman–Crippen LogP) is 3.73. The maximum Gasteiger partial charge on any atom is 0.178 e. The molecule has 2 nitrogen and oxygen atoms in total.